The number of carbonyl (C=O) groups excluding carboxylic acids is 1. The largest absolute Gasteiger partial charge is 0.357 e. The van der Waals surface area contributed by atoms with Crippen LogP contribution in [0.1, 0.15) is 38.7 Å². The van der Waals surface area contributed by atoms with Gasteiger partial charge < -0.3 is 10.2 Å². The topological polar surface area (TPSA) is 104 Å². The molecule has 2 aliphatic heterocycles. The van der Waals surface area contributed by atoms with Crippen molar-refractivity contribution in [2.24, 2.45) is 10.9 Å². The van der Waals surface area contributed by atoms with E-state index in [1.54, 1.807) is 24.4 Å². The van der Waals surface area contributed by atoms with Crippen molar-refractivity contribution in [3.05, 3.63) is 48.2 Å². The first kappa shape index (κ1) is 21.3. The highest BCUT2D eigenvalue weighted by Gasteiger charge is 2.32. The van der Waals surface area contributed by atoms with Crippen LogP contribution in [0.25, 0.3) is 0 Å². The summed E-state index contributed by atoms with van der Waals surface area (Å²) < 4.78 is 27.1. The van der Waals surface area contributed by atoms with E-state index in [1.165, 1.54) is 25.3 Å². The number of aromatic nitrogens is 1. The van der Waals surface area contributed by atoms with Gasteiger partial charge in [-0.05, 0) is 49.4 Å². The van der Waals surface area contributed by atoms with Crippen LogP contribution >= 0.6 is 0 Å². The molecule has 31 heavy (non-hydrogen) atoms. The number of anilines is 2. The predicted molar refractivity (Wildman–Crippen MR) is 121 cm³/mol. The Hall–Kier alpha value is -2.94. The SMILES string of the molecule is CC(C)[C@H](N=C1NS(=O)(=O)c2ccccc21)C(=O)Nc1ccc(N2CCCCC2)nc1. The molecular weight excluding hydrogens is 414 g/mol. The van der Waals surface area contributed by atoms with Crippen LogP contribution < -0.4 is 14.9 Å². The number of nitrogens with zero attached hydrogens (tertiary/aromatic N) is 3. The maximum Gasteiger partial charge on any atom is 0.263 e. The zero-order valence-corrected chi connectivity index (χ0v) is 18.5. The Morgan fingerprint density at radius 2 is 1.87 bits per heavy atom. The zero-order chi connectivity index (χ0) is 22.0. The van der Waals surface area contributed by atoms with E-state index in [0.29, 0.717) is 11.3 Å². The minimum atomic E-state index is -3.65. The van der Waals surface area contributed by atoms with E-state index in [2.05, 4.69) is 24.9 Å². The second-order valence-electron chi connectivity index (χ2n) is 8.21. The summed E-state index contributed by atoms with van der Waals surface area (Å²) in [7, 11) is -3.65. The third-order valence-electron chi connectivity index (χ3n) is 5.53. The number of amides is 1. The van der Waals surface area contributed by atoms with E-state index < -0.39 is 16.1 Å². The van der Waals surface area contributed by atoms with Crippen LogP contribution in [0.2, 0.25) is 0 Å². The van der Waals surface area contributed by atoms with Crippen LogP contribution in [0.15, 0.2) is 52.5 Å². The first-order valence-electron chi connectivity index (χ1n) is 10.6. The summed E-state index contributed by atoms with van der Waals surface area (Å²) in [5, 5.41) is 2.87. The number of amidine groups is 1. The Labute approximate surface area is 182 Å². The van der Waals surface area contributed by atoms with Crippen LogP contribution in [-0.4, -0.2) is 44.3 Å². The molecule has 4 rings (SSSR count). The van der Waals surface area contributed by atoms with Gasteiger partial charge in [-0.1, -0.05) is 26.0 Å². The van der Waals surface area contributed by atoms with Crippen molar-refractivity contribution in [1.29, 1.82) is 0 Å². The number of nitrogens with one attached hydrogen (secondary N) is 2. The smallest absolute Gasteiger partial charge is 0.263 e. The summed E-state index contributed by atoms with van der Waals surface area (Å²) in [5.41, 5.74) is 1.07. The lowest BCUT2D eigenvalue weighted by Gasteiger charge is -2.27. The van der Waals surface area contributed by atoms with E-state index in [1.807, 2.05) is 26.0 Å². The Morgan fingerprint density at radius 3 is 2.55 bits per heavy atom. The van der Waals surface area contributed by atoms with E-state index in [4.69, 9.17) is 0 Å². The van der Waals surface area contributed by atoms with E-state index in [0.717, 1.165) is 18.9 Å². The number of sulfonamides is 1. The number of rotatable bonds is 5. The Balaban J connectivity index is 1.52. The van der Waals surface area contributed by atoms with Crippen LogP contribution in [0.5, 0.6) is 0 Å². The third kappa shape index (κ3) is 4.56. The van der Waals surface area contributed by atoms with Crippen molar-refractivity contribution in [2.45, 2.75) is 44.0 Å². The predicted octanol–water partition coefficient (Wildman–Crippen LogP) is 2.77. The van der Waals surface area contributed by atoms with Gasteiger partial charge in [0, 0.05) is 18.7 Å². The summed E-state index contributed by atoms with van der Waals surface area (Å²) in [6.45, 7) is 5.76. The maximum absolute atomic E-state index is 13.0. The zero-order valence-electron chi connectivity index (χ0n) is 17.7. The molecule has 0 aliphatic carbocycles. The molecule has 1 fully saturated rings. The summed E-state index contributed by atoms with van der Waals surface area (Å²) in [4.78, 5) is 24.4. The Kier molecular flexibility index (Phi) is 5.95. The van der Waals surface area contributed by atoms with Gasteiger partial charge in [-0.25, -0.2) is 13.4 Å². The number of hydrogen-bond acceptors (Lipinski definition) is 6. The van der Waals surface area contributed by atoms with Crippen LogP contribution in [-0.2, 0) is 14.8 Å². The van der Waals surface area contributed by atoms with Gasteiger partial charge in [0.15, 0.2) is 0 Å². The molecule has 2 N–H and O–H groups in total. The van der Waals surface area contributed by atoms with Gasteiger partial charge in [-0.2, -0.15) is 0 Å². The van der Waals surface area contributed by atoms with Crippen molar-refractivity contribution in [2.75, 3.05) is 23.3 Å². The monoisotopic (exact) mass is 441 g/mol. The van der Waals surface area contributed by atoms with Gasteiger partial charge in [0.25, 0.3) is 10.0 Å². The fourth-order valence-corrected chi connectivity index (χ4v) is 5.10. The summed E-state index contributed by atoms with van der Waals surface area (Å²) in [6, 6.07) is 9.62. The molecule has 8 nitrogen and oxygen atoms in total. The Morgan fingerprint density at radius 1 is 1.13 bits per heavy atom. The van der Waals surface area contributed by atoms with Crippen molar-refractivity contribution < 1.29 is 13.2 Å². The minimum absolute atomic E-state index is 0.134. The van der Waals surface area contributed by atoms with Gasteiger partial charge in [0.2, 0.25) is 5.91 Å². The Bertz CT molecular complexity index is 1090. The quantitative estimate of drug-likeness (QED) is 0.743. The lowest BCUT2D eigenvalue weighted by atomic mass is 10.0. The summed E-state index contributed by atoms with van der Waals surface area (Å²) >= 11 is 0. The molecule has 0 saturated carbocycles. The van der Waals surface area contributed by atoms with Crippen LogP contribution in [0.4, 0.5) is 11.5 Å². The van der Waals surface area contributed by atoms with Crippen LogP contribution in [0.3, 0.4) is 0 Å². The number of piperidine rings is 1. The standard InChI is InChI=1S/C22H27N5O3S/c1-15(2)20(25-21-17-8-4-5-9-18(17)31(29,30)26-21)22(28)24-16-10-11-19(23-14-16)27-12-6-3-7-13-27/h4-5,8-11,14-15,20H,3,6-7,12-13H2,1-2H3,(H,24,28)(H,25,26)/t20-/m0/s1. The molecule has 164 valence electrons. The summed E-state index contributed by atoms with van der Waals surface area (Å²) in [6.07, 6.45) is 5.25. The fraction of sp³-hybridized carbons (Fsp3) is 0.409. The number of benzene rings is 1. The molecule has 0 bridgehead atoms. The van der Waals surface area contributed by atoms with Crippen molar-refractivity contribution in [1.82, 2.24) is 9.71 Å². The summed E-state index contributed by atoms with van der Waals surface area (Å²) in [5.74, 6) is 0.669. The fourth-order valence-electron chi connectivity index (χ4n) is 3.87. The third-order valence-corrected chi connectivity index (χ3v) is 6.92. The van der Waals surface area contributed by atoms with Gasteiger partial charge in [0.1, 0.15) is 17.7 Å². The van der Waals surface area contributed by atoms with Gasteiger partial charge in [-0.3, -0.25) is 14.5 Å². The van der Waals surface area contributed by atoms with Gasteiger partial charge in [0.05, 0.1) is 16.8 Å². The van der Waals surface area contributed by atoms with Crippen molar-refractivity contribution in [3.63, 3.8) is 0 Å². The highest BCUT2D eigenvalue weighted by molar-refractivity contribution is 7.90. The molecule has 2 aliphatic rings. The van der Waals surface area contributed by atoms with Crippen LogP contribution in [0, 0.1) is 5.92 Å². The normalized spacial score (nSPS) is 19.7. The molecule has 0 unspecified atom stereocenters. The average molecular weight is 442 g/mol. The number of hydrogen-bond donors (Lipinski definition) is 2. The lowest BCUT2D eigenvalue weighted by Crippen LogP contribution is -2.34. The molecule has 9 heteroatoms. The average Bonchev–Trinajstić information content (AvgIpc) is 3.03. The van der Waals surface area contributed by atoms with Crippen molar-refractivity contribution in [3.8, 4) is 0 Å². The number of aliphatic imine (C=N–C) groups is 1. The molecule has 1 saturated heterocycles. The molecule has 3 heterocycles. The first-order valence-corrected chi connectivity index (χ1v) is 12.1. The van der Waals surface area contributed by atoms with E-state index >= 15 is 0 Å². The molecule has 1 aromatic heterocycles. The molecule has 2 aromatic rings. The van der Waals surface area contributed by atoms with E-state index in [-0.39, 0.29) is 22.6 Å². The maximum atomic E-state index is 13.0. The van der Waals surface area contributed by atoms with E-state index in [9.17, 15) is 13.2 Å². The molecule has 1 aromatic carbocycles. The van der Waals surface area contributed by atoms with Gasteiger partial charge in [-0.15, -0.1) is 0 Å². The second-order valence-corrected chi connectivity index (χ2v) is 9.86. The number of fused-ring (bicyclic) bond motifs is 1. The molecule has 1 amide bonds. The lowest BCUT2D eigenvalue weighted by molar-refractivity contribution is -0.118. The van der Waals surface area contributed by atoms with Gasteiger partial charge >= 0.3 is 0 Å². The molecule has 1 atom stereocenters. The molecular formula is C22H27N5O3S. The second kappa shape index (κ2) is 8.66. The first-order chi connectivity index (χ1) is 14.8. The molecule has 0 radical (unpaired) electrons. The minimum Gasteiger partial charge on any atom is -0.357 e. The number of carbonyl (C=O) groups is 1. The van der Waals surface area contributed by atoms with Crippen molar-refractivity contribution >= 4 is 33.3 Å². The highest BCUT2D eigenvalue weighted by atomic mass is 32.2. The molecule has 0 spiro atoms. The highest BCUT2D eigenvalue weighted by Crippen LogP contribution is 2.24. The number of pyridine rings is 1.